The molecule has 0 radical (unpaired) electrons. The van der Waals surface area contributed by atoms with Crippen molar-refractivity contribution in [3.05, 3.63) is 29.1 Å². The molecule has 0 spiro atoms. The summed E-state index contributed by atoms with van der Waals surface area (Å²) in [5.74, 6) is 1.18. The van der Waals surface area contributed by atoms with Gasteiger partial charge in [0.2, 0.25) is 0 Å². The van der Waals surface area contributed by atoms with Gasteiger partial charge in [0.25, 0.3) is 5.88 Å². The van der Waals surface area contributed by atoms with Crippen molar-refractivity contribution in [1.82, 2.24) is 14.5 Å². The Kier molecular flexibility index (Phi) is 4.65. The minimum Gasteiger partial charge on any atom is -0.437 e. The number of carbonyl (C=O) groups is 1. The number of hydrogen-bond donors (Lipinski definition) is 1. The van der Waals surface area contributed by atoms with Crippen molar-refractivity contribution >= 4 is 23.3 Å². The van der Waals surface area contributed by atoms with Gasteiger partial charge in [0.05, 0.1) is 4.88 Å². The van der Waals surface area contributed by atoms with Gasteiger partial charge in [0.1, 0.15) is 5.75 Å². The summed E-state index contributed by atoms with van der Waals surface area (Å²) in [6.45, 7) is 6.28. The normalized spacial score (nSPS) is 11.1. The lowest BCUT2D eigenvalue weighted by molar-refractivity contribution is 0.230. The Morgan fingerprint density at radius 3 is 2.41 bits per heavy atom. The molecule has 1 heterocycles. The van der Waals surface area contributed by atoms with Crippen LogP contribution in [0.4, 0.5) is 10.5 Å². The van der Waals surface area contributed by atoms with E-state index in [1.165, 1.54) is 16.4 Å². The van der Waals surface area contributed by atoms with Gasteiger partial charge in [0, 0.05) is 25.2 Å². The minimum absolute atomic E-state index is 0.0663. The average Bonchev–Trinajstić information content (AvgIpc) is 2.89. The van der Waals surface area contributed by atoms with E-state index in [-0.39, 0.29) is 11.4 Å². The van der Waals surface area contributed by atoms with Crippen LogP contribution in [0.25, 0.3) is 0 Å². The highest BCUT2D eigenvalue weighted by atomic mass is 32.1. The fourth-order valence-corrected chi connectivity index (χ4v) is 2.29. The first-order chi connectivity index (χ1) is 10.3. The van der Waals surface area contributed by atoms with Gasteiger partial charge in [-0.2, -0.15) is 0 Å². The third kappa shape index (κ3) is 3.94. The van der Waals surface area contributed by atoms with Crippen LogP contribution in [0.2, 0.25) is 0 Å². The Hall–Kier alpha value is -2.15. The van der Waals surface area contributed by atoms with Gasteiger partial charge >= 0.3 is 6.03 Å². The first-order valence-electron chi connectivity index (χ1n) is 6.86. The number of hydrogen-bond acceptors (Lipinski definition) is 5. The fraction of sp³-hybridized carbons (Fsp3) is 0.400. The minimum atomic E-state index is -0.174. The van der Waals surface area contributed by atoms with Crippen molar-refractivity contribution in [2.75, 3.05) is 19.4 Å². The molecule has 2 rings (SSSR count). The van der Waals surface area contributed by atoms with Gasteiger partial charge in [-0.05, 0) is 35.8 Å². The molecule has 0 saturated carbocycles. The molecule has 2 amide bonds. The predicted molar refractivity (Wildman–Crippen MR) is 87.8 cm³/mol. The van der Waals surface area contributed by atoms with Crippen LogP contribution in [0, 0.1) is 0 Å². The summed E-state index contributed by atoms with van der Waals surface area (Å²) in [4.78, 5) is 14.0. The number of nitrogens with zero attached hydrogens (tertiary/aromatic N) is 3. The van der Waals surface area contributed by atoms with E-state index < -0.39 is 0 Å². The van der Waals surface area contributed by atoms with Gasteiger partial charge in [-0.15, -0.1) is 0 Å². The van der Waals surface area contributed by atoms with Crippen LogP contribution in [0.5, 0.6) is 11.6 Å². The Labute approximate surface area is 134 Å². The number of anilines is 1. The molecule has 6 nitrogen and oxygen atoms in total. The monoisotopic (exact) mass is 320 g/mol. The van der Waals surface area contributed by atoms with E-state index in [0.717, 1.165) is 4.88 Å². The van der Waals surface area contributed by atoms with E-state index in [2.05, 4.69) is 35.7 Å². The van der Waals surface area contributed by atoms with E-state index in [4.69, 9.17) is 4.74 Å². The number of rotatable bonds is 3. The molecular formula is C15H20N4O2S. The third-order valence-corrected chi connectivity index (χ3v) is 4.00. The predicted octanol–water partition coefficient (Wildman–Crippen LogP) is 3.72. The van der Waals surface area contributed by atoms with Crippen molar-refractivity contribution in [2.24, 2.45) is 0 Å². The SMILES string of the molecule is CN(C)C(=O)Nc1ccc(Oc2nnsc2C(C)(C)C)cc1. The maximum absolute atomic E-state index is 11.6. The summed E-state index contributed by atoms with van der Waals surface area (Å²) >= 11 is 1.34. The maximum atomic E-state index is 11.6. The van der Waals surface area contributed by atoms with Gasteiger partial charge < -0.3 is 15.0 Å². The number of amides is 2. The third-order valence-electron chi connectivity index (χ3n) is 2.87. The number of benzene rings is 1. The van der Waals surface area contributed by atoms with Crippen molar-refractivity contribution in [3.8, 4) is 11.6 Å². The van der Waals surface area contributed by atoms with E-state index in [1.807, 2.05) is 0 Å². The Bertz CT molecular complexity index is 644. The van der Waals surface area contributed by atoms with Crippen molar-refractivity contribution < 1.29 is 9.53 Å². The highest BCUT2D eigenvalue weighted by Crippen LogP contribution is 2.35. The second-order valence-corrected chi connectivity index (χ2v) is 6.86. The lowest BCUT2D eigenvalue weighted by Gasteiger charge is -2.16. The number of carbonyl (C=O) groups excluding carboxylic acids is 1. The maximum Gasteiger partial charge on any atom is 0.321 e. The first-order valence-corrected chi connectivity index (χ1v) is 7.64. The zero-order valence-electron chi connectivity index (χ0n) is 13.4. The summed E-state index contributed by atoms with van der Waals surface area (Å²) < 4.78 is 9.76. The number of aromatic nitrogens is 2. The first kappa shape index (κ1) is 16.2. The number of ether oxygens (including phenoxy) is 1. The summed E-state index contributed by atoms with van der Waals surface area (Å²) in [6, 6.07) is 6.97. The van der Waals surface area contributed by atoms with Crippen molar-refractivity contribution in [2.45, 2.75) is 26.2 Å². The van der Waals surface area contributed by atoms with Crippen molar-refractivity contribution in [1.29, 1.82) is 0 Å². The van der Waals surface area contributed by atoms with Gasteiger partial charge in [-0.3, -0.25) is 0 Å². The smallest absolute Gasteiger partial charge is 0.321 e. The Morgan fingerprint density at radius 2 is 1.86 bits per heavy atom. The molecule has 0 atom stereocenters. The summed E-state index contributed by atoms with van der Waals surface area (Å²) in [6.07, 6.45) is 0. The molecule has 1 N–H and O–H groups in total. The van der Waals surface area contributed by atoms with E-state index in [9.17, 15) is 4.79 Å². The zero-order valence-corrected chi connectivity index (χ0v) is 14.2. The average molecular weight is 320 g/mol. The van der Waals surface area contributed by atoms with Crippen LogP contribution in [0.15, 0.2) is 24.3 Å². The highest BCUT2D eigenvalue weighted by Gasteiger charge is 2.23. The molecular weight excluding hydrogens is 300 g/mol. The van der Waals surface area contributed by atoms with E-state index >= 15 is 0 Å². The molecule has 7 heteroatoms. The lowest BCUT2D eigenvalue weighted by atomic mass is 9.95. The lowest BCUT2D eigenvalue weighted by Crippen LogP contribution is -2.27. The molecule has 0 bridgehead atoms. The van der Waals surface area contributed by atoms with Crippen LogP contribution in [0.3, 0.4) is 0 Å². The fourth-order valence-electron chi connectivity index (χ4n) is 1.66. The molecule has 118 valence electrons. The van der Waals surface area contributed by atoms with E-state index in [1.54, 1.807) is 38.4 Å². The van der Waals surface area contributed by atoms with Crippen LogP contribution in [-0.4, -0.2) is 34.6 Å². The molecule has 0 unspecified atom stereocenters. The zero-order chi connectivity index (χ0) is 16.3. The van der Waals surface area contributed by atoms with Crippen LogP contribution in [0.1, 0.15) is 25.6 Å². The summed E-state index contributed by atoms with van der Waals surface area (Å²) in [5, 5.41) is 6.81. The van der Waals surface area contributed by atoms with Crippen LogP contribution >= 0.6 is 11.5 Å². The van der Waals surface area contributed by atoms with Crippen LogP contribution in [-0.2, 0) is 5.41 Å². The standard InChI is InChI=1S/C15H20N4O2S/c1-15(2,3)12-13(17-18-22-12)21-11-8-6-10(7-9-11)16-14(20)19(4)5/h6-9H,1-5H3,(H,16,20). The second kappa shape index (κ2) is 6.31. The van der Waals surface area contributed by atoms with Gasteiger partial charge in [0.15, 0.2) is 0 Å². The second-order valence-electron chi connectivity index (χ2n) is 6.11. The molecule has 1 aromatic carbocycles. The molecule has 2 aromatic rings. The molecule has 0 saturated heterocycles. The Balaban J connectivity index is 2.09. The molecule has 1 aromatic heterocycles. The summed E-state index contributed by atoms with van der Waals surface area (Å²) in [5.41, 5.74) is 0.641. The number of urea groups is 1. The number of nitrogens with one attached hydrogen (secondary N) is 1. The van der Waals surface area contributed by atoms with Crippen LogP contribution < -0.4 is 10.1 Å². The summed E-state index contributed by atoms with van der Waals surface area (Å²) in [7, 11) is 3.38. The largest absolute Gasteiger partial charge is 0.437 e. The van der Waals surface area contributed by atoms with Gasteiger partial charge in [-0.25, -0.2) is 4.79 Å². The Morgan fingerprint density at radius 1 is 1.23 bits per heavy atom. The van der Waals surface area contributed by atoms with E-state index in [0.29, 0.717) is 17.3 Å². The molecule has 22 heavy (non-hydrogen) atoms. The van der Waals surface area contributed by atoms with Gasteiger partial charge in [-0.1, -0.05) is 30.4 Å². The molecule has 0 fully saturated rings. The molecule has 0 aliphatic rings. The molecule has 0 aliphatic heterocycles. The topological polar surface area (TPSA) is 67.4 Å². The quantitative estimate of drug-likeness (QED) is 0.936. The molecule has 0 aliphatic carbocycles. The van der Waals surface area contributed by atoms with Crippen molar-refractivity contribution in [3.63, 3.8) is 0 Å². The highest BCUT2D eigenvalue weighted by molar-refractivity contribution is 7.06.